The molecule has 0 unspecified atom stereocenters. The molecule has 0 bridgehead atoms. The van der Waals surface area contributed by atoms with Gasteiger partial charge in [-0.2, -0.15) is 0 Å². The monoisotopic (exact) mass is 212 g/mol. The summed E-state index contributed by atoms with van der Waals surface area (Å²) < 4.78 is 0. The van der Waals surface area contributed by atoms with Crippen molar-refractivity contribution in [3.63, 3.8) is 0 Å². The average molecular weight is 212 g/mol. The number of carboxylic acids is 1. The maximum atomic E-state index is 11.7. The van der Waals surface area contributed by atoms with Gasteiger partial charge in [0.05, 0.1) is 0 Å². The lowest BCUT2D eigenvalue weighted by Crippen LogP contribution is -2.61. The molecule has 0 heterocycles. The predicted molar refractivity (Wildman–Crippen MR) is 53.5 cm³/mol. The smallest absolute Gasteiger partial charge is 0.329 e. The molecule has 2 N–H and O–H groups in total. The van der Waals surface area contributed by atoms with Gasteiger partial charge in [-0.3, -0.25) is 0 Å². The van der Waals surface area contributed by atoms with E-state index >= 15 is 0 Å². The molecule has 0 aliphatic heterocycles. The van der Waals surface area contributed by atoms with Crippen LogP contribution in [-0.2, 0) is 4.79 Å². The SMILES string of the molecule is CN(C(=O)NC1(C(=O)O)CCC1)C1CC1. The third-order valence-electron chi connectivity index (χ3n) is 3.38. The molecule has 5 heteroatoms. The molecule has 0 radical (unpaired) electrons. The van der Waals surface area contributed by atoms with Crippen molar-refractivity contribution < 1.29 is 14.7 Å². The Morgan fingerprint density at radius 2 is 2.00 bits per heavy atom. The first-order valence-corrected chi connectivity index (χ1v) is 5.33. The zero-order chi connectivity index (χ0) is 11.1. The fraction of sp³-hybridized carbons (Fsp3) is 0.800. The number of rotatable bonds is 3. The Hall–Kier alpha value is -1.26. The van der Waals surface area contributed by atoms with E-state index in [-0.39, 0.29) is 6.03 Å². The number of urea groups is 1. The lowest BCUT2D eigenvalue weighted by Gasteiger charge is -2.39. The van der Waals surface area contributed by atoms with Gasteiger partial charge in [0.15, 0.2) is 0 Å². The Morgan fingerprint density at radius 3 is 2.33 bits per heavy atom. The minimum absolute atomic E-state index is 0.250. The third-order valence-corrected chi connectivity index (χ3v) is 3.38. The zero-order valence-corrected chi connectivity index (χ0v) is 8.82. The molecule has 5 nitrogen and oxygen atoms in total. The topological polar surface area (TPSA) is 69.6 Å². The van der Waals surface area contributed by atoms with Crippen LogP contribution >= 0.6 is 0 Å². The van der Waals surface area contributed by atoms with Gasteiger partial charge in [-0.25, -0.2) is 9.59 Å². The van der Waals surface area contributed by atoms with Gasteiger partial charge in [0, 0.05) is 13.1 Å². The summed E-state index contributed by atoms with van der Waals surface area (Å²) in [5.74, 6) is -0.911. The van der Waals surface area contributed by atoms with Gasteiger partial charge in [-0.15, -0.1) is 0 Å². The van der Waals surface area contributed by atoms with E-state index in [4.69, 9.17) is 5.11 Å². The van der Waals surface area contributed by atoms with Crippen LogP contribution in [0.1, 0.15) is 32.1 Å². The van der Waals surface area contributed by atoms with Crippen LogP contribution in [-0.4, -0.2) is 40.6 Å². The van der Waals surface area contributed by atoms with Gasteiger partial charge in [0.2, 0.25) is 0 Å². The molecular weight excluding hydrogens is 196 g/mol. The van der Waals surface area contributed by atoms with Gasteiger partial charge in [0.25, 0.3) is 0 Å². The number of amides is 2. The molecule has 15 heavy (non-hydrogen) atoms. The van der Waals surface area contributed by atoms with Crippen LogP contribution < -0.4 is 5.32 Å². The van der Waals surface area contributed by atoms with Gasteiger partial charge < -0.3 is 15.3 Å². The molecule has 0 spiro atoms. The fourth-order valence-electron chi connectivity index (χ4n) is 1.84. The highest BCUT2D eigenvalue weighted by atomic mass is 16.4. The number of carbonyl (C=O) groups is 2. The van der Waals surface area contributed by atoms with E-state index < -0.39 is 11.5 Å². The molecule has 2 fully saturated rings. The standard InChI is InChI=1S/C10H16N2O3/c1-12(7-3-4-7)9(15)11-10(8(13)14)5-2-6-10/h7H,2-6H2,1H3,(H,11,15)(H,13,14). The highest BCUT2D eigenvalue weighted by Crippen LogP contribution is 2.33. The summed E-state index contributed by atoms with van der Waals surface area (Å²) in [7, 11) is 1.72. The van der Waals surface area contributed by atoms with Crippen LogP contribution in [0.4, 0.5) is 4.79 Å². The van der Waals surface area contributed by atoms with Crippen molar-refractivity contribution >= 4 is 12.0 Å². The Morgan fingerprint density at radius 1 is 1.40 bits per heavy atom. The lowest BCUT2D eigenvalue weighted by molar-refractivity contribution is -0.148. The van der Waals surface area contributed by atoms with Crippen LogP contribution in [0.3, 0.4) is 0 Å². The molecule has 2 rings (SSSR count). The predicted octanol–water partition coefficient (Wildman–Crippen LogP) is 0.797. The Labute approximate surface area is 88.4 Å². The van der Waals surface area contributed by atoms with Crippen molar-refractivity contribution in [1.29, 1.82) is 0 Å². The van der Waals surface area contributed by atoms with Crippen molar-refractivity contribution in [2.45, 2.75) is 43.7 Å². The van der Waals surface area contributed by atoms with Gasteiger partial charge in [-0.05, 0) is 32.1 Å². The van der Waals surface area contributed by atoms with E-state index in [2.05, 4.69) is 5.32 Å². The average Bonchev–Trinajstić information content (AvgIpc) is 2.91. The van der Waals surface area contributed by atoms with Crippen LogP contribution in [0, 0.1) is 0 Å². The molecule has 0 aromatic carbocycles. The van der Waals surface area contributed by atoms with Crippen LogP contribution in [0.15, 0.2) is 0 Å². The largest absolute Gasteiger partial charge is 0.480 e. The van der Waals surface area contributed by atoms with Gasteiger partial charge in [-0.1, -0.05) is 0 Å². The van der Waals surface area contributed by atoms with E-state index in [0.29, 0.717) is 18.9 Å². The molecule has 2 amide bonds. The number of hydrogen-bond acceptors (Lipinski definition) is 2. The summed E-state index contributed by atoms with van der Waals surface area (Å²) in [6, 6.07) is 0.0653. The highest BCUT2D eigenvalue weighted by molar-refractivity contribution is 5.87. The first-order chi connectivity index (χ1) is 7.05. The molecule has 2 saturated carbocycles. The molecule has 0 saturated heterocycles. The minimum Gasteiger partial charge on any atom is -0.480 e. The fourth-order valence-corrected chi connectivity index (χ4v) is 1.84. The summed E-state index contributed by atoms with van der Waals surface area (Å²) in [4.78, 5) is 24.3. The maximum Gasteiger partial charge on any atom is 0.329 e. The maximum absolute atomic E-state index is 11.7. The number of nitrogens with zero attached hydrogens (tertiary/aromatic N) is 1. The summed E-state index contributed by atoms with van der Waals surface area (Å²) in [5, 5.41) is 11.7. The van der Waals surface area contributed by atoms with Gasteiger partial charge in [0.1, 0.15) is 5.54 Å². The molecule has 0 atom stereocenters. The molecule has 0 aromatic heterocycles. The first-order valence-electron chi connectivity index (χ1n) is 5.33. The van der Waals surface area contributed by atoms with Crippen molar-refractivity contribution in [1.82, 2.24) is 10.2 Å². The van der Waals surface area contributed by atoms with Gasteiger partial charge >= 0.3 is 12.0 Å². The molecule has 2 aliphatic carbocycles. The second kappa shape index (κ2) is 3.40. The number of hydrogen-bond donors (Lipinski definition) is 2. The summed E-state index contributed by atoms with van der Waals surface area (Å²) in [6.45, 7) is 0. The normalized spacial score (nSPS) is 22.7. The second-order valence-corrected chi connectivity index (χ2v) is 4.51. The third kappa shape index (κ3) is 1.78. The quantitative estimate of drug-likeness (QED) is 0.727. The van der Waals surface area contributed by atoms with E-state index in [0.717, 1.165) is 19.3 Å². The molecule has 2 aliphatic rings. The highest BCUT2D eigenvalue weighted by Gasteiger charge is 2.46. The van der Waals surface area contributed by atoms with E-state index in [1.165, 1.54) is 0 Å². The Kier molecular flexibility index (Phi) is 2.32. The Balaban J connectivity index is 1.94. The van der Waals surface area contributed by atoms with Crippen molar-refractivity contribution in [3.05, 3.63) is 0 Å². The molecule has 84 valence electrons. The summed E-state index contributed by atoms with van der Waals surface area (Å²) in [6.07, 6.45) is 4.03. The van der Waals surface area contributed by atoms with E-state index in [1.807, 2.05) is 0 Å². The van der Waals surface area contributed by atoms with Crippen LogP contribution in [0.5, 0.6) is 0 Å². The number of carbonyl (C=O) groups excluding carboxylic acids is 1. The van der Waals surface area contributed by atoms with Crippen LogP contribution in [0.25, 0.3) is 0 Å². The van der Waals surface area contributed by atoms with Crippen molar-refractivity contribution in [3.8, 4) is 0 Å². The van der Waals surface area contributed by atoms with E-state index in [9.17, 15) is 9.59 Å². The second-order valence-electron chi connectivity index (χ2n) is 4.51. The summed E-state index contributed by atoms with van der Waals surface area (Å²) >= 11 is 0. The number of nitrogens with one attached hydrogen (secondary N) is 1. The number of aliphatic carboxylic acids is 1. The molecule has 0 aromatic rings. The van der Waals surface area contributed by atoms with Crippen molar-refractivity contribution in [2.75, 3.05) is 7.05 Å². The number of carboxylic acid groups (broad SMARTS) is 1. The lowest BCUT2D eigenvalue weighted by atomic mass is 9.77. The molecular formula is C10H16N2O3. The minimum atomic E-state index is -0.986. The summed E-state index contributed by atoms with van der Waals surface area (Å²) in [5.41, 5.74) is -0.986. The van der Waals surface area contributed by atoms with E-state index in [1.54, 1.807) is 11.9 Å². The first kappa shape index (κ1) is 10.3. The van der Waals surface area contributed by atoms with Crippen molar-refractivity contribution in [2.24, 2.45) is 0 Å². The zero-order valence-electron chi connectivity index (χ0n) is 8.82. The van der Waals surface area contributed by atoms with Crippen LogP contribution in [0.2, 0.25) is 0 Å². The Bertz CT molecular complexity index is 295.